The fourth-order valence-corrected chi connectivity index (χ4v) is 9.75. The highest BCUT2D eigenvalue weighted by Crippen LogP contribution is 2.68. The smallest absolute Gasteiger partial charge is 0.106 e. The predicted octanol–water partition coefficient (Wildman–Crippen LogP) is 8.74. The first-order valence-electron chi connectivity index (χ1n) is 14.4. The Kier molecular flexibility index (Phi) is 7.83. The van der Waals surface area contributed by atoms with Crippen LogP contribution in [0, 0.1) is 64.1 Å². The average molecular weight is 450 g/mol. The summed E-state index contributed by atoms with van der Waals surface area (Å²) in [7, 11) is 1.84. The highest BCUT2D eigenvalue weighted by atomic mass is 14.7. The molecule has 0 amide bonds. The normalized spacial score (nSPS) is 43.9. The third-order valence-corrected chi connectivity index (χ3v) is 11.7. The third-order valence-electron chi connectivity index (χ3n) is 11.7. The first-order chi connectivity index (χ1) is 15.9. The Bertz CT molecular complexity index is 795. The fourth-order valence-electron chi connectivity index (χ4n) is 9.75. The molecule has 4 saturated carbocycles. The van der Waals surface area contributed by atoms with E-state index < -0.39 is 0 Å². The van der Waals surface area contributed by atoms with Gasteiger partial charge in [-0.1, -0.05) is 46.1 Å². The quantitative estimate of drug-likeness (QED) is 0.284. The molecule has 9 atom stereocenters. The third kappa shape index (κ3) is 4.62. The van der Waals surface area contributed by atoms with Crippen LogP contribution < -0.4 is 0 Å². The first-order valence-corrected chi connectivity index (χ1v) is 14.4. The molecule has 1 heteroatoms. The Hall–Kier alpha value is -1.03. The molecule has 0 radical (unpaired) electrons. The largest absolute Gasteiger partial charge is 0.280 e. The van der Waals surface area contributed by atoms with Crippen molar-refractivity contribution in [3.8, 4) is 11.8 Å². The van der Waals surface area contributed by atoms with Crippen LogP contribution >= 0.6 is 0 Å². The second-order valence-electron chi connectivity index (χ2n) is 12.9. The van der Waals surface area contributed by atoms with E-state index in [0.29, 0.717) is 10.8 Å². The molecule has 0 aromatic carbocycles. The summed E-state index contributed by atoms with van der Waals surface area (Å²) in [6, 6.07) is 0. The van der Waals surface area contributed by atoms with Gasteiger partial charge in [-0.15, -0.1) is 0 Å². The van der Waals surface area contributed by atoms with Crippen LogP contribution in [0.2, 0.25) is 0 Å². The molecule has 1 nitrogen and oxygen atoms in total. The number of hydrogen-bond donors (Lipinski definition) is 0. The van der Waals surface area contributed by atoms with Gasteiger partial charge in [0.15, 0.2) is 0 Å². The van der Waals surface area contributed by atoms with E-state index >= 15 is 0 Å². The molecule has 4 rings (SSSR count). The summed E-state index contributed by atoms with van der Waals surface area (Å²) in [5.41, 5.74) is 2.16. The summed E-state index contributed by atoms with van der Waals surface area (Å²) >= 11 is 0. The summed E-state index contributed by atoms with van der Waals surface area (Å²) in [5, 5.41) is 0. The predicted molar refractivity (Wildman–Crippen MR) is 143 cm³/mol. The van der Waals surface area contributed by atoms with Crippen molar-refractivity contribution in [1.29, 1.82) is 0 Å². The fraction of sp³-hybridized carbons (Fsp3) is 0.844. The van der Waals surface area contributed by atoms with Crippen molar-refractivity contribution in [3.63, 3.8) is 0 Å². The van der Waals surface area contributed by atoms with Gasteiger partial charge >= 0.3 is 0 Å². The van der Waals surface area contributed by atoms with Crippen LogP contribution in [0.3, 0.4) is 0 Å². The van der Waals surface area contributed by atoms with Crippen LogP contribution in [0.15, 0.2) is 17.1 Å². The number of rotatable bonds is 6. The molecule has 0 saturated heterocycles. The van der Waals surface area contributed by atoms with Gasteiger partial charge in [-0.05, 0) is 142 Å². The maximum absolute atomic E-state index is 4.27. The number of nitrogens with zero attached hydrogens (tertiary/aromatic N) is 1. The molecule has 0 heterocycles. The number of allylic oxidation sites excluding steroid dienone is 2. The van der Waals surface area contributed by atoms with E-state index in [1.165, 1.54) is 57.8 Å². The van der Waals surface area contributed by atoms with Gasteiger partial charge in [-0.3, -0.25) is 4.99 Å². The van der Waals surface area contributed by atoms with Crippen LogP contribution in [0.4, 0.5) is 0 Å². The lowest BCUT2D eigenvalue weighted by Gasteiger charge is -2.61. The molecule has 0 aromatic heterocycles. The van der Waals surface area contributed by atoms with Gasteiger partial charge in [0.2, 0.25) is 0 Å². The van der Waals surface area contributed by atoms with E-state index in [9.17, 15) is 0 Å². The van der Waals surface area contributed by atoms with E-state index in [4.69, 9.17) is 0 Å². The van der Waals surface area contributed by atoms with E-state index in [-0.39, 0.29) is 0 Å². The molecule has 4 aliphatic rings. The standard InChI is InChI=1S/C32H51N/c1-7-11-26(33-6)13-10-9-12-23(3)28-16-17-29-27-15-14-25-22-24(8-2)18-20-31(25,4)30(27)19-21-32(28,29)5/h10,13,23-25,27-30H,8-9,12,14-22H2,1-6H3/b13-10-,33-26-/t23-,24-,25+,27-,28+,29-,30-,31-,32+/m0/s1. The van der Waals surface area contributed by atoms with Crippen LogP contribution in [-0.4, -0.2) is 12.8 Å². The Balaban J connectivity index is 1.40. The van der Waals surface area contributed by atoms with E-state index in [1.807, 2.05) is 14.0 Å². The zero-order valence-electron chi connectivity index (χ0n) is 22.6. The molecule has 0 spiro atoms. The van der Waals surface area contributed by atoms with Gasteiger partial charge in [0.25, 0.3) is 0 Å². The summed E-state index contributed by atoms with van der Waals surface area (Å²) in [4.78, 5) is 4.27. The molecule has 0 unspecified atom stereocenters. The van der Waals surface area contributed by atoms with Gasteiger partial charge < -0.3 is 0 Å². The number of fused-ring (bicyclic) bond motifs is 5. The van der Waals surface area contributed by atoms with Crippen molar-refractivity contribution in [2.75, 3.05) is 7.05 Å². The van der Waals surface area contributed by atoms with Crippen LogP contribution in [0.25, 0.3) is 0 Å². The summed E-state index contributed by atoms with van der Waals surface area (Å²) in [6.45, 7) is 12.3. The van der Waals surface area contributed by atoms with Gasteiger partial charge in [-0.2, -0.15) is 0 Å². The first kappa shape index (κ1) is 25.1. The topological polar surface area (TPSA) is 12.4 Å². The van der Waals surface area contributed by atoms with Crippen molar-refractivity contribution >= 4 is 5.71 Å². The van der Waals surface area contributed by atoms with Crippen LogP contribution in [0.5, 0.6) is 0 Å². The molecular formula is C32H51N. The molecule has 33 heavy (non-hydrogen) atoms. The zero-order valence-corrected chi connectivity index (χ0v) is 22.6. The van der Waals surface area contributed by atoms with E-state index in [2.05, 4.69) is 56.7 Å². The number of aliphatic imine (C=N–C) groups is 1. The van der Waals surface area contributed by atoms with Crippen LogP contribution in [-0.2, 0) is 0 Å². The van der Waals surface area contributed by atoms with Crippen molar-refractivity contribution in [2.24, 2.45) is 57.2 Å². The molecule has 4 aliphatic carbocycles. The molecule has 4 fully saturated rings. The minimum Gasteiger partial charge on any atom is -0.280 e. The monoisotopic (exact) mass is 449 g/mol. The Morgan fingerprint density at radius 2 is 1.79 bits per heavy atom. The van der Waals surface area contributed by atoms with Crippen molar-refractivity contribution in [2.45, 2.75) is 112 Å². The molecule has 0 N–H and O–H groups in total. The lowest BCUT2D eigenvalue weighted by atomic mass is 9.44. The Morgan fingerprint density at radius 1 is 1.03 bits per heavy atom. The summed E-state index contributed by atoms with van der Waals surface area (Å²) < 4.78 is 0. The summed E-state index contributed by atoms with van der Waals surface area (Å²) in [5.74, 6) is 12.9. The van der Waals surface area contributed by atoms with Gasteiger partial charge in [-0.25, -0.2) is 0 Å². The maximum atomic E-state index is 4.27. The van der Waals surface area contributed by atoms with Crippen LogP contribution in [0.1, 0.15) is 112 Å². The van der Waals surface area contributed by atoms with E-state index in [0.717, 1.165) is 53.6 Å². The number of hydrogen-bond acceptors (Lipinski definition) is 1. The highest BCUT2D eigenvalue weighted by molar-refractivity contribution is 6.08. The minimum atomic E-state index is 0.595. The maximum Gasteiger partial charge on any atom is 0.106 e. The second-order valence-corrected chi connectivity index (χ2v) is 12.9. The SMILES string of the molecule is CC#CC(/C=C\CC[C@H](C)[C@H]1CC[C@H]2[C@@H]3CC[C@@H]4C[C@@H](CC)CC[C@]4(C)[C@H]3CC[C@]12C)=N/C. The molecular weight excluding hydrogens is 398 g/mol. The lowest BCUT2D eigenvalue weighted by molar-refractivity contribution is -0.121. The minimum absolute atomic E-state index is 0.595. The van der Waals surface area contributed by atoms with Gasteiger partial charge in [0, 0.05) is 7.05 Å². The highest BCUT2D eigenvalue weighted by Gasteiger charge is 2.60. The van der Waals surface area contributed by atoms with Crippen molar-refractivity contribution < 1.29 is 0 Å². The lowest BCUT2D eigenvalue weighted by Crippen LogP contribution is -2.53. The van der Waals surface area contributed by atoms with Gasteiger partial charge in [0.05, 0.1) is 0 Å². The molecule has 0 aliphatic heterocycles. The summed E-state index contributed by atoms with van der Waals surface area (Å²) in [6.07, 6.45) is 22.0. The van der Waals surface area contributed by atoms with E-state index in [1.54, 1.807) is 12.8 Å². The second kappa shape index (κ2) is 10.3. The zero-order chi connectivity index (χ0) is 23.6. The van der Waals surface area contributed by atoms with Crippen molar-refractivity contribution in [3.05, 3.63) is 12.2 Å². The molecule has 184 valence electrons. The Morgan fingerprint density at radius 3 is 2.52 bits per heavy atom. The molecule has 0 aromatic rings. The average Bonchev–Trinajstić information content (AvgIpc) is 3.17. The molecule has 0 bridgehead atoms. The van der Waals surface area contributed by atoms with Gasteiger partial charge in [0.1, 0.15) is 5.71 Å². The van der Waals surface area contributed by atoms with Crippen molar-refractivity contribution in [1.82, 2.24) is 0 Å². The Labute approximate surface area is 205 Å².